The first kappa shape index (κ1) is 16.0. The lowest BCUT2D eigenvalue weighted by Gasteiger charge is -2.10. The lowest BCUT2D eigenvalue weighted by molar-refractivity contribution is 0.296. The zero-order valence-corrected chi connectivity index (χ0v) is 14.4. The van der Waals surface area contributed by atoms with Crippen molar-refractivity contribution in [2.75, 3.05) is 7.11 Å². The number of rotatable bonds is 4. The Morgan fingerprint density at radius 1 is 1.17 bits per heavy atom. The van der Waals surface area contributed by atoms with E-state index in [1.807, 2.05) is 24.3 Å². The van der Waals surface area contributed by atoms with E-state index < -0.39 is 5.82 Å². The number of hydrogen-bond acceptors (Lipinski definition) is 4. The van der Waals surface area contributed by atoms with Crippen LogP contribution in [0.15, 0.2) is 41.1 Å². The third kappa shape index (κ3) is 3.54. The minimum absolute atomic E-state index is 0.154. The van der Waals surface area contributed by atoms with Crippen LogP contribution in [-0.4, -0.2) is 17.1 Å². The number of benzene rings is 2. The summed E-state index contributed by atoms with van der Waals surface area (Å²) in [5.74, 6) is 0.502. The molecule has 4 nitrogen and oxygen atoms in total. The first-order valence-electron chi connectivity index (χ1n) is 6.65. The molecule has 23 heavy (non-hydrogen) atoms. The Kier molecular flexibility index (Phi) is 4.63. The summed E-state index contributed by atoms with van der Waals surface area (Å²) in [6.45, 7) is 0.274. The van der Waals surface area contributed by atoms with Gasteiger partial charge in [-0.1, -0.05) is 23.7 Å². The van der Waals surface area contributed by atoms with Crippen molar-refractivity contribution in [3.8, 4) is 11.6 Å². The van der Waals surface area contributed by atoms with Crippen molar-refractivity contribution in [1.82, 2.24) is 9.97 Å². The molecule has 0 aliphatic rings. The van der Waals surface area contributed by atoms with Gasteiger partial charge in [-0.2, -0.15) is 4.98 Å². The average Bonchev–Trinajstić information content (AvgIpc) is 2.54. The summed E-state index contributed by atoms with van der Waals surface area (Å²) < 4.78 is 25.1. The van der Waals surface area contributed by atoms with Crippen LogP contribution in [0, 0.1) is 5.82 Å². The number of ether oxygens (including phenoxy) is 2. The van der Waals surface area contributed by atoms with Gasteiger partial charge >= 0.3 is 0 Å². The second-order valence-electron chi connectivity index (χ2n) is 4.72. The molecule has 0 spiro atoms. The zero-order valence-electron chi connectivity index (χ0n) is 12.0. The normalized spacial score (nSPS) is 10.8. The molecule has 3 rings (SSSR count). The van der Waals surface area contributed by atoms with Crippen molar-refractivity contribution in [2.45, 2.75) is 6.61 Å². The van der Waals surface area contributed by atoms with E-state index >= 15 is 0 Å². The van der Waals surface area contributed by atoms with Gasteiger partial charge in [0.1, 0.15) is 17.9 Å². The minimum Gasteiger partial charge on any atom is -0.497 e. The maximum Gasteiger partial charge on any atom is 0.225 e. The third-order valence-corrected chi connectivity index (χ3v) is 3.76. The number of fused-ring (bicyclic) bond motifs is 1. The Hall–Kier alpha value is -1.92. The molecule has 0 fully saturated rings. The SMILES string of the molecule is COc1ccc(COc2nc(Br)nc3c(F)cc(Cl)cc23)cc1. The molecule has 0 radical (unpaired) electrons. The van der Waals surface area contributed by atoms with Crippen LogP contribution in [0.3, 0.4) is 0 Å². The molecule has 0 atom stereocenters. The van der Waals surface area contributed by atoms with Crippen molar-refractivity contribution < 1.29 is 13.9 Å². The molecule has 118 valence electrons. The number of nitrogens with zero attached hydrogens (tertiary/aromatic N) is 2. The van der Waals surface area contributed by atoms with Crippen molar-refractivity contribution in [1.29, 1.82) is 0 Å². The number of aromatic nitrogens is 2. The quantitative estimate of drug-likeness (QED) is 0.595. The summed E-state index contributed by atoms with van der Waals surface area (Å²) in [7, 11) is 1.61. The number of hydrogen-bond donors (Lipinski definition) is 0. The Morgan fingerprint density at radius 2 is 1.91 bits per heavy atom. The van der Waals surface area contributed by atoms with Gasteiger partial charge in [-0.05, 0) is 45.8 Å². The molecular weight excluding hydrogens is 387 g/mol. The largest absolute Gasteiger partial charge is 0.497 e. The maximum atomic E-state index is 14.0. The fourth-order valence-corrected chi connectivity index (χ4v) is 2.63. The molecule has 0 saturated carbocycles. The van der Waals surface area contributed by atoms with Crippen LogP contribution < -0.4 is 9.47 Å². The fraction of sp³-hybridized carbons (Fsp3) is 0.125. The van der Waals surface area contributed by atoms with Crippen LogP contribution in [0.1, 0.15) is 5.56 Å². The summed E-state index contributed by atoms with van der Waals surface area (Å²) in [5, 5.41) is 0.682. The van der Waals surface area contributed by atoms with E-state index in [-0.39, 0.29) is 27.8 Å². The first-order valence-corrected chi connectivity index (χ1v) is 7.82. The van der Waals surface area contributed by atoms with Crippen molar-refractivity contribution in [3.05, 3.63) is 57.5 Å². The van der Waals surface area contributed by atoms with E-state index in [9.17, 15) is 4.39 Å². The predicted molar refractivity (Wildman–Crippen MR) is 89.5 cm³/mol. The van der Waals surface area contributed by atoms with Gasteiger partial charge in [0, 0.05) is 5.02 Å². The summed E-state index contributed by atoms with van der Waals surface area (Å²) in [6, 6.07) is 10.2. The van der Waals surface area contributed by atoms with Crippen molar-refractivity contribution >= 4 is 38.4 Å². The monoisotopic (exact) mass is 396 g/mol. The highest BCUT2D eigenvalue weighted by Gasteiger charge is 2.13. The fourth-order valence-electron chi connectivity index (χ4n) is 2.09. The molecular formula is C16H11BrClFN2O2. The molecule has 2 aromatic carbocycles. The van der Waals surface area contributed by atoms with E-state index in [4.69, 9.17) is 21.1 Å². The van der Waals surface area contributed by atoms with E-state index in [2.05, 4.69) is 25.9 Å². The molecule has 0 aliphatic heterocycles. The van der Waals surface area contributed by atoms with Gasteiger partial charge in [-0.15, -0.1) is 0 Å². The molecule has 3 aromatic rings. The standard InChI is InChI=1S/C16H11BrClFN2O2/c1-22-11-4-2-9(3-5-11)8-23-15-12-6-10(18)7-13(19)14(12)20-16(17)21-15/h2-7H,8H2,1H3. The summed E-state index contributed by atoms with van der Waals surface area (Å²) in [4.78, 5) is 8.20. The molecule has 1 aromatic heterocycles. The summed E-state index contributed by atoms with van der Waals surface area (Å²) in [6.07, 6.45) is 0. The molecule has 0 amide bonds. The van der Waals surface area contributed by atoms with Crippen LogP contribution in [0.25, 0.3) is 10.9 Å². The van der Waals surface area contributed by atoms with Gasteiger partial charge in [0.15, 0.2) is 5.82 Å². The van der Waals surface area contributed by atoms with Crippen LogP contribution in [0.2, 0.25) is 5.02 Å². The highest BCUT2D eigenvalue weighted by molar-refractivity contribution is 9.10. The molecule has 0 aliphatic carbocycles. The predicted octanol–water partition coefficient (Wildman–Crippen LogP) is 4.77. The van der Waals surface area contributed by atoms with Crippen LogP contribution >= 0.6 is 27.5 Å². The van der Waals surface area contributed by atoms with Gasteiger partial charge < -0.3 is 9.47 Å². The Balaban J connectivity index is 1.92. The molecule has 0 unspecified atom stereocenters. The highest BCUT2D eigenvalue weighted by Crippen LogP contribution is 2.29. The molecule has 7 heteroatoms. The van der Waals surface area contributed by atoms with Gasteiger partial charge in [-0.25, -0.2) is 9.37 Å². The molecule has 0 bridgehead atoms. The second-order valence-corrected chi connectivity index (χ2v) is 5.86. The van der Waals surface area contributed by atoms with Crippen LogP contribution in [-0.2, 0) is 6.61 Å². The topological polar surface area (TPSA) is 44.2 Å². The van der Waals surface area contributed by atoms with Gasteiger partial charge in [-0.3, -0.25) is 0 Å². The maximum absolute atomic E-state index is 14.0. The van der Waals surface area contributed by atoms with Gasteiger partial charge in [0.2, 0.25) is 10.6 Å². The van der Waals surface area contributed by atoms with Gasteiger partial charge in [0.25, 0.3) is 0 Å². The summed E-state index contributed by atoms with van der Waals surface area (Å²) in [5.41, 5.74) is 1.08. The van der Waals surface area contributed by atoms with Gasteiger partial charge in [0.05, 0.1) is 12.5 Å². The molecule has 0 saturated heterocycles. The van der Waals surface area contributed by atoms with Crippen molar-refractivity contribution in [3.63, 3.8) is 0 Å². The lowest BCUT2D eigenvalue weighted by Crippen LogP contribution is -2.00. The summed E-state index contributed by atoms with van der Waals surface area (Å²) >= 11 is 9.07. The first-order chi connectivity index (χ1) is 11.1. The van der Waals surface area contributed by atoms with Crippen LogP contribution in [0.5, 0.6) is 11.6 Å². The Morgan fingerprint density at radius 3 is 2.61 bits per heavy atom. The highest BCUT2D eigenvalue weighted by atomic mass is 79.9. The smallest absolute Gasteiger partial charge is 0.225 e. The third-order valence-electron chi connectivity index (χ3n) is 3.19. The number of halogens is 3. The zero-order chi connectivity index (χ0) is 16.4. The molecule has 1 heterocycles. The lowest BCUT2D eigenvalue weighted by atomic mass is 10.2. The minimum atomic E-state index is -0.523. The molecule has 0 N–H and O–H groups in total. The second kappa shape index (κ2) is 6.68. The number of methoxy groups -OCH3 is 1. The van der Waals surface area contributed by atoms with E-state index in [0.29, 0.717) is 5.39 Å². The van der Waals surface area contributed by atoms with E-state index in [0.717, 1.165) is 11.3 Å². The van der Waals surface area contributed by atoms with Crippen LogP contribution in [0.4, 0.5) is 4.39 Å². The van der Waals surface area contributed by atoms with E-state index in [1.54, 1.807) is 13.2 Å². The van der Waals surface area contributed by atoms with Crippen molar-refractivity contribution in [2.24, 2.45) is 0 Å². The Labute approximate surface area is 145 Å². The average molecular weight is 398 g/mol. The Bertz CT molecular complexity index is 859. The van der Waals surface area contributed by atoms with E-state index in [1.165, 1.54) is 6.07 Å².